The standard InChI is InChI=1S/C18H17ClN2O3/c1-2-24-16-10-6-3-7-13(16)11-12-17(22)20-21-18(23)14-8-4-5-9-15(14)19/h3-12H,2H2,1H3,(H,20,22)(H,21,23)/b12-11+. The largest absolute Gasteiger partial charge is 0.493 e. The third-order valence-electron chi connectivity index (χ3n) is 3.05. The molecule has 0 aromatic heterocycles. The molecule has 5 nitrogen and oxygen atoms in total. The second-order valence-electron chi connectivity index (χ2n) is 4.73. The van der Waals surface area contributed by atoms with Crippen LogP contribution < -0.4 is 15.6 Å². The minimum absolute atomic E-state index is 0.283. The van der Waals surface area contributed by atoms with Crippen molar-refractivity contribution < 1.29 is 14.3 Å². The van der Waals surface area contributed by atoms with Crippen LogP contribution >= 0.6 is 11.6 Å². The van der Waals surface area contributed by atoms with Gasteiger partial charge in [-0.2, -0.15) is 0 Å². The van der Waals surface area contributed by atoms with Gasteiger partial charge in [-0.05, 0) is 31.2 Å². The number of ether oxygens (including phenoxy) is 1. The molecule has 0 saturated heterocycles. The minimum atomic E-state index is -0.489. The lowest BCUT2D eigenvalue weighted by Gasteiger charge is -2.07. The van der Waals surface area contributed by atoms with Gasteiger partial charge in [0.15, 0.2) is 0 Å². The first kappa shape index (κ1) is 17.6. The lowest BCUT2D eigenvalue weighted by atomic mass is 10.2. The molecule has 124 valence electrons. The van der Waals surface area contributed by atoms with Gasteiger partial charge >= 0.3 is 0 Å². The van der Waals surface area contributed by atoms with Gasteiger partial charge in [0.25, 0.3) is 11.8 Å². The summed E-state index contributed by atoms with van der Waals surface area (Å²) >= 11 is 5.92. The Bertz CT molecular complexity index is 759. The molecule has 2 amide bonds. The Morgan fingerprint density at radius 1 is 1.08 bits per heavy atom. The minimum Gasteiger partial charge on any atom is -0.493 e. The van der Waals surface area contributed by atoms with Crippen LogP contribution in [0.4, 0.5) is 0 Å². The molecule has 0 aliphatic heterocycles. The molecule has 2 rings (SSSR count). The molecule has 0 unspecified atom stereocenters. The van der Waals surface area contributed by atoms with E-state index in [1.807, 2.05) is 31.2 Å². The van der Waals surface area contributed by atoms with Crippen LogP contribution in [0, 0.1) is 0 Å². The average molecular weight is 345 g/mol. The lowest BCUT2D eigenvalue weighted by molar-refractivity contribution is -0.117. The van der Waals surface area contributed by atoms with Gasteiger partial charge in [0.2, 0.25) is 0 Å². The van der Waals surface area contributed by atoms with Crippen LogP contribution in [-0.2, 0) is 4.79 Å². The molecular formula is C18H17ClN2O3. The van der Waals surface area contributed by atoms with Crippen molar-refractivity contribution in [2.75, 3.05) is 6.61 Å². The van der Waals surface area contributed by atoms with E-state index in [1.165, 1.54) is 6.08 Å². The molecule has 2 aromatic rings. The van der Waals surface area contributed by atoms with E-state index in [2.05, 4.69) is 10.9 Å². The molecule has 2 aromatic carbocycles. The van der Waals surface area contributed by atoms with Gasteiger partial charge in [-0.25, -0.2) is 0 Å². The first-order chi connectivity index (χ1) is 11.6. The van der Waals surface area contributed by atoms with Crippen molar-refractivity contribution in [3.8, 4) is 5.75 Å². The van der Waals surface area contributed by atoms with E-state index in [0.717, 1.165) is 5.56 Å². The Morgan fingerprint density at radius 2 is 1.79 bits per heavy atom. The fourth-order valence-electron chi connectivity index (χ4n) is 1.94. The molecule has 0 heterocycles. The van der Waals surface area contributed by atoms with E-state index in [1.54, 1.807) is 30.3 Å². The van der Waals surface area contributed by atoms with E-state index >= 15 is 0 Å². The molecule has 0 radical (unpaired) electrons. The molecular weight excluding hydrogens is 328 g/mol. The fourth-order valence-corrected chi connectivity index (χ4v) is 2.16. The van der Waals surface area contributed by atoms with Crippen molar-refractivity contribution in [1.82, 2.24) is 10.9 Å². The number of benzene rings is 2. The molecule has 0 fully saturated rings. The van der Waals surface area contributed by atoms with Crippen LogP contribution in [0.5, 0.6) is 5.75 Å². The second-order valence-corrected chi connectivity index (χ2v) is 5.13. The highest BCUT2D eigenvalue weighted by Crippen LogP contribution is 2.19. The van der Waals surface area contributed by atoms with Crippen molar-refractivity contribution >= 4 is 29.5 Å². The Balaban J connectivity index is 1.94. The zero-order valence-electron chi connectivity index (χ0n) is 13.1. The summed E-state index contributed by atoms with van der Waals surface area (Å²) in [5.41, 5.74) is 5.67. The normalized spacial score (nSPS) is 10.4. The molecule has 6 heteroatoms. The molecule has 0 spiro atoms. The summed E-state index contributed by atoms with van der Waals surface area (Å²) in [4.78, 5) is 23.7. The quantitative estimate of drug-likeness (QED) is 0.646. The molecule has 0 atom stereocenters. The maximum absolute atomic E-state index is 11.9. The van der Waals surface area contributed by atoms with E-state index < -0.39 is 11.8 Å². The van der Waals surface area contributed by atoms with Gasteiger partial charge < -0.3 is 4.74 Å². The van der Waals surface area contributed by atoms with E-state index in [-0.39, 0.29) is 5.56 Å². The van der Waals surface area contributed by atoms with Gasteiger partial charge in [-0.1, -0.05) is 41.9 Å². The van der Waals surface area contributed by atoms with Crippen molar-refractivity contribution in [2.45, 2.75) is 6.92 Å². The number of para-hydroxylation sites is 1. The highest BCUT2D eigenvalue weighted by molar-refractivity contribution is 6.33. The Morgan fingerprint density at radius 3 is 2.54 bits per heavy atom. The number of nitrogens with one attached hydrogen (secondary N) is 2. The second kappa shape index (κ2) is 8.74. The number of amides is 2. The van der Waals surface area contributed by atoms with Gasteiger partial charge in [-0.15, -0.1) is 0 Å². The zero-order chi connectivity index (χ0) is 17.4. The van der Waals surface area contributed by atoms with Crippen molar-refractivity contribution in [3.05, 3.63) is 70.8 Å². The van der Waals surface area contributed by atoms with Gasteiger partial charge in [0.05, 0.1) is 17.2 Å². The fraction of sp³-hybridized carbons (Fsp3) is 0.111. The summed E-state index contributed by atoms with van der Waals surface area (Å²) in [6.07, 6.45) is 2.92. The number of rotatable bonds is 5. The van der Waals surface area contributed by atoms with Crippen molar-refractivity contribution in [2.24, 2.45) is 0 Å². The maximum Gasteiger partial charge on any atom is 0.271 e. The Hall–Kier alpha value is -2.79. The summed E-state index contributed by atoms with van der Waals surface area (Å²) < 4.78 is 5.47. The first-order valence-corrected chi connectivity index (χ1v) is 7.74. The summed E-state index contributed by atoms with van der Waals surface area (Å²) in [5.74, 6) is -0.275. The van der Waals surface area contributed by atoms with Gasteiger partial charge in [0.1, 0.15) is 5.75 Å². The summed E-state index contributed by atoms with van der Waals surface area (Å²) in [7, 11) is 0. The molecule has 0 aliphatic carbocycles. The number of hydrazine groups is 1. The first-order valence-electron chi connectivity index (χ1n) is 7.36. The van der Waals surface area contributed by atoms with Crippen LogP contribution in [0.2, 0.25) is 5.02 Å². The smallest absolute Gasteiger partial charge is 0.271 e. The van der Waals surface area contributed by atoms with Crippen LogP contribution in [0.3, 0.4) is 0 Å². The Kier molecular flexibility index (Phi) is 6.40. The van der Waals surface area contributed by atoms with Crippen molar-refractivity contribution in [3.63, 3.8) is 0 Å². The molecule has 0 bridgehead atoms. The predicted molar refractivity (Wildman–Crippen MR) is 93.7 cm³/mol. The monoisotopic (exact) mass is 344 g/mol. The Labute approximate surface area is 145 Å². The van der Waals surface area contributed by atoms with Crippen LogP contribution in [0.25, 0.3) is 6.08 Å². The molecule has 0 aliphatic rings. The topological polar surface area (TPSA) is 67.4 Å². The molecule has 24 heavy (non-hydrogen) atoms. The zero-order valence-corrected chi connectivity index (χ0v) is 13.8. The van der Waals surface area contributed by atoms with E-state index in [9.17, 15) is 9.59 Å². The van der Waals surface area contributed by atoms with Crippen LogP contribution in [0.1, 0.15) is 22.8 Å². The summed E-state index contributed by atoms with van der Waals surface area (Å²) in [6.45, 7) is 2.42. The highest BCUT2D eigenvalue weighted by atomic mass is 35.5. The van der Waals surface area contributed by atoms with E-state index in [0.29, 0.717) is 17.4 Å². The molecule has 0 saturated carbocycles. The van der Waals surface area contributed by atoms with Crippen molar-refractivity contribution in [1.29, 1.82) is 0 Å². The third kappa shape index (κ3) is 4.86. The SMILES string of the molecule is CCOc1ccccc1/C=C/C(=O)NNC(=O)c1ccccc1Cl. The maximum atomic E-state index is 11.9. The van der Waals surface area contributed by atoms with Gasteiger partial charge in [0, 0.05) is 11.6 Å². The third-order valence-corrected chi connectivity index (χ3v) is 3.38. The number of carbonyl (C=O) groups is 2. The number of hydrogen-bond acceptors (Lipinski definition) is 3. The highest BCUT2D eigenvalue weighted by Gasteiger charge is 2.09. The summed E-state index contributed by atoms with van der Waals surface area (Å²) in [5, 5.41) is 0.311. The number of carbonyl (C=O) groups excluding carboxylic acids is 2. The summed E-state index contributed by atoms with van der Waals surface area (Å²) in [6, 6.07) is 13.9. The van der Waals surface area contributed by atoms with Crippen LogP contribution in [-0.4, -0.2) is 18.4 Å². The number of halogens is 1. The predicted octanol–water partition coefficient (Wildman–Crippen LogP) is 3.21. The van der Waals surface area contributed by atoms with E-state index in [4.69, 9.17) is 16.3 Å². The van der Waals surface area contributed by atoms with Crippen LogP contribution in [0.15, 0.2) is 54.6 Å². The average Bonchev–Trinajstić information content (AvgIpc) is 2.59. The molecule has 2 N–H and O–H groups in total. The lowest BCUT2D eigenvalue weighted by Crippen LogP contribution is -2.40. The number of hydrogen-bond donors (Lipinski definition) is 2. The van der Waals surface area contributed by atoms with Gasteiger partial charge in [-0.3, -0.25) is 20.4 Å².